The van der Waals surface area contributed by atoms with Crippen LogP contribution in [0.3, 0.4) is 0 Å². The highest BCUT2D eigenvalue weighted by Gasteiger charge is 2.36. The molecule has 4 nitrogen and oxygen atoms in total. The molecule has 5 heteroatoms. The molecule has 2 aromatic carbocycles. The Morgan fingerprint density at radius 1 is 1.13 bits per heavy atom. The first kappa shape index (κ1) is 14.0. The molecule has 1 atom stereocenters. The zero-order valence-corrected chi connectivity index (χ0v) is 13.0. The summed E-state index contributed by atoms with van der Waals surface area (Å²) in [4.78, 5) is 18.2. The predicted molar refractivity (Wildman–Crippen MR) is 91.3 cm³/mol. The number of aliphatic carboxylic acids is 1. The standard InChI is InChI=1S/C18H14N2O2S/c21-17(22)16-10-13-8-4-5-9-15(13)20(16)18-19-14(11-23-18)12-6-2-1-3-7-12/h1-9,11,16H,10H2,(H,21,22). The summed E-state index contributed by atoms with van der Waals surface area (Å²) < 4.78 is 0. The number of anilines is 2. The van der Waals surface area contributed by atoms with Gasteiger partial charge in [-0.25, -0.2) is 9.78 Å². The van der Waals surface area contributed by atoms with E-state index >= 15 is 0 Å². The minimum atomic E-state index is -0.822. The SMILES string of the molecule is O=C(O)C1Cc2ccccc2N1c1nc(-c2ccccc2)cs1. The van der Waals surface area contributed by atoms with E-state index in [1.54, 1.807) is 0 Å². The lowest BCUT2D eigenvalue weighted by molar-refractivity contribution is -0.138. The fraction of sp³-hybridized carbons (Fsp3) is 0.111. The number of hydrogen-bond donors (Lipinski definition) is 1. The molecule has 0 aliphatic carbocycles. The van der Waals surface area contributed by atoms with E-state index in [0.717, 1.165) is 27.6 Å². The normalized spacial score (nSPS) is 16.3. The Kier molecular flexibility index (Phi) is 3.35. The van der Waals surface area contributed by atoms with Gasteiger partial charge in [0.2, 0.25) is 0 Å². The van der Waals surface area contributed by atoms with Crippen molar-refractivity contribution in [2.45, 2.75) is 12.5 Å². The number of nitrogens with zero attached hydrogens (tertiary/aromatic N) is 2. The second kappa shape index (κ2) is 5.52. The Hall–Kier alpha value is -2.66. The molecule has 0 radical (unpaired) electrons. The third-order valence-electron chi connectivity index (χ3n) is 4.03. The van der Waals surface area contributed by atoms with Crippen molar-refractivity contribution in [3.05, 3.63) is 65.5 Å². The third kappa shape index (κ3) is 2.39. The first-order valence-electron chi connectivity index (χ1n) is 7.35. The molecule has 114 valence electrons. The second-order valence-corrected chi connectivity index (χ2v) is 6.27. The molecule has 2 heterocycles. The number of thiazole rings is 1. The van der Waals surface area contributed by atoms with Crippen LogP contribution in [0.1, 0.15) is 5.56 Å². The van der Waals surface area contributed by atoms with Crippen LogP contribution >= 0.6 is 11.3 Å². The van der Waals surface area contributed by atoms with E-state index in [1.807, 2.05) is 64.9 Å². The zero-order chi connectivity index (χ0) is 15.8. The van der Waals surface area contributed by atoms with Crippen molar-refractivity contribution in [2.75, 3.05) is 4.90 Å². The number of para-hydroxylation sites is 1. The fourth-order valence-corrected chi connectivity index (χ4v) is 3.83. The van der Waals surface area contributed by atoms with Crippen LogP contribution in [0, 0.1) is 0 Å². The smallest absolute Gasteiger partial charge is 0.327 e. The van der Waals surface area contributed by atoms with Crippen molar-refractivity contribution in [1.29, 1.82) is 0 Å². The molecule has 0 spiro atoms. The zero-order valence-electron chi connectivity index (χ0n) is 12.2. The molecule has 1 aliphatic heterocycles. The fourth-order valence-electron chi connectivity index (χ4n) is 2.94. The molecule has 0 amide bonds. The van der Waals surface area contributed by atoms with Crippen molar-refractivity contribution >= 4 is 28.1 Å². The summed E-state index contributed by atoms with van der Waals surface area (Å²) in [6, 6.07) is 17.1. The Bertz CT molecular complexity index is 860. The second-order valence-electron chi connectivity index (χ2n) is 5.44. The van der Waals surface area contributed by atoms with Crippen molar-refractivity contribution in [2.24, 2.45) is 0 Å². The molecular formula is C18H14N2O2S. The lowest BCUT2D eigenvalue weighted by Crippen LogP contribution is -2.35. The minimum Gasteiger partial charge on any atom is -0.480 e. The summed E-state index contributed by atoms with van der Waals surface area (Å²) in [6.07, 6.45) is 0.506. The highest BCUT2D eigenvalue weighted by Crippen LogP contribution is 2.40. The van der Waals surface area contributed by atoms with E-state index in [0.29, 0.717) is 6.42 Å². The van der Waals surface area contributed by atoms with Crippen LogP contribution in [0.2, 0.25) is 0 Å². The number of carboxylic acid groups (broad SMARTS) is 1. The molecule has 1 unspecified atom stereocenters. The lowest BCUT2D eigenvalue weighted by atomic mass is 10.1. The molecule has 0 bridgehead atoms. The molecule has 0 fully saturated rings. The highest BCUT2D eigenvalue weighted by molar-refractivity contribution is 7.14. The van der Waals surface area contributed by atoms with Crippen LogP contribution in [0.4, 0.5) is 10.8 Å². The van der Waals surface area contributed by atoms with Gasteiger partial charge < -0.3 is 10.0 Å². The third-order valence-corrected chi connectivity index (χ3v) is 4.87. The number of aromatic nitrogens is 1. The summed E-state index contributed by atoms with van der Waals surface area (Å²) in [5, 5.41) is 12.3. The number of carbonyl (C=O) groups is 1. The van der Waals surface area contributed by atoms with Gasteiger partial charge >= 0.3 is 5.97 Å². The van der Waals surface area contributed by atoms with Gasteiger partial charge in [0.05, 0.1) is 5.69 Å². The van der Waals surface area contributed by atoms with E-state index in [9.17, 15) is 9.90 Å². The maximum absolute atomic E-state index is 11.7. The maximum Gasteiger partial charge on any atom is 0.327 e. The Morgan fingerprint density at radius 3 is 2.65 bits per heavy atom. The molecule has 4 rings (SSSR count). The summed E-state index contributed by atoms with van der Waals surface area (Å²) in [5.74, 6) is -0.822. The molecule has 23 heavy (non-hydrogen) atoms. The molecular weight excluding hydrogens is 308 g/mol. The largest absolute Gasteiger partial charge is 0.480 e. The Morgan fingerprint density at radius 2 is 1.87 bits per heavy atom. The monoisotopic (exact) mass is 322 g/mol. The number of fused-ring (bicyclic) bond motifs is 1. The molecule has 3 aromatic rings. The van der Waals surface area contributed by atoms with E-state index in [1.165, 1.54) is 11.3 Å². The number of carboxylic acids is 1. The molecule has 1 N–H and O–H groups in total. The van der Waals surface area contributed by atoms with Crippen molar-refractivity contribution in [3.63, 3.8) is 0 Å². The summed E-state index contributed by atoms with van der Waals surface area (Å²) >= 11 is 1.48. The van der Waals surface area contributed by atoms with Crippen molar-refractivity contribution in [3.8, 4) is 11.3 Å². The van der Waals surface area contributed by atoms with Gasteiger partial charge in [0.1, 0.15) is 6.04 Å². The molecule has 0 saturated carbocycles. The van der Waals surface area contributed by atoms with Gasteiger partial charge in [0.15, 0.2) is 5.13 Å². The van der Waals surface area contributed by atoms with Crippen LogP contribution in [0.15, 0.2) is 60.0 Å². The quantitative estimate of drug-likeness (QED) is 0.793. The van der Waals surface area contributed by atoms with Crippen LogP contribution < -0.4 is 4.90 Å². The van der Waals surface area contributed by atoms with Crippen LogP contribution in [0.25, 0.3) is 11.3 Å². The summed E-state index contributed by atoms with van der Waals surface area (Å²) in [7, 11) is 0. The first-order chi connectivity index (χ1) is 11.2. The maximum atomic E-state index is 11.7. The van der Waals surface area contributed by atoms with Crippen LogP contribution in [-0.4, -0.2) is 22.1 Å². The number of rotatable bonds is 3. The van der Waals surface area contributed by atoms with Gasteiger partial charge in [-0.2, -0.15) is 0 Å². The van der Waals surface area contributed by atoms with Crippen LogP contribution in [0.5, 0.6) is 0 Å². The lowest BCUT2D eigenvalue weighted by Gasteiger charge is -2.21. The average Bonchev–Trinajstić information content (AvgIpc) is 3.20. The first-order valence-corrected chi connectivity index (χ1v) is 8.23. The minimum absolute atomic E-state index is 0.506. The topological polar surface area (TPSA) is 53.4 Å². The number of benzene rings is 2. The highest BCUT2D eigenvalue weighted by atomic mass is 32.1. The van der Waals surface area contributed by atoms with Gasteiger partial charge in [-0.15, -0.1) is 11.3 Å². The van der Waals surface area contributed by atoms with Crippen molar-refractivity contribution < 1.29 is 9.90 Å². The van der Waals surface area contributed by atoms with Gasteiger partial charge in [-0.3, -0.25) is 0 Å². The molecule has 1 aromatic heterocycles. The van der Waals surface area contributed by atoms with Gasteiger partial charge in [0.25, 0.3) is 0 Å². The Balaban J connectivity index is 1.77. The van der Waals surface area contributed by atoms with E-state index in [2.05, 4.69) is 4.98 Å². The van der Waals surface area contributed by atoms with E-state index < -0.39 is 12.0 Å². The van der Waals surface area contributed by atoms with E-state index in [4.69, 9.17) is 0 Å². The number of hydrogen-bond acceptors (Lipinski definition) is 4. The van der Waals surface area contributed by atoms with Crippen molar-refractivity contribution in [1.82, 2.24) is 4.98 Å². The predicted octanol–water partition coefficient (Wildman–Crippen LogP) is 3.96. The summed E-state index contributed by atoms with van der Waals surface area (Å²) in [6.45, 7) is 0. The summed E-state index contributed by atoms with van der Waals surface area (Å²) in [5.41, 5.74) is 3.90. The average molecular weight is 322 g/mol. The van der Waals surface area contributed by atoms with E-state index in [-0.39, 0.29) is 0 Å². The molecule has 0 saturated heterocycles. The van der Waals surface area contributed by atoms with Crippen LogP contribution in [-0.2, 0) is 11.2 Å². The van der Waals surface area contributed by atoms with Gasteiger partial charge in [0, 0.05) is 23.1 Å². The Labute approximate surface area is 137 Å². The van der Waals surface area contributed by atoms with Gasteiger partial charge in [-0.05, 0) is 11.6 Å². The molecule has 1 aliphatic rings. The van der Waals surface area contributed by atoms with Gasteiger partial charge in [-0.1, -0.05) is 48.5 Å².